The third-order valence-corrected chi connectivity index (χ3v) is 3.68. The van der Waals surface area contributed by atoms with Crippen molar-refractivity contribution in [3.63, 3.8) is 0 Å². The van der Waals surface area contributed by atoms with Gasteiger partial charge in [0.25, 0.3) is 0 Å². The fourth-order valence-electron chi connectivity index (χ4n) is 2.50. The van der Waals surface area contributed by atoms with Gasteiger partial charge in [-0.1, -0.05) is 0 Å². The van der Waals surface area contributed by atoms with Gasteiger partial charge in [0, 0.05) is 19.6 Å². The summed E-state index contributed by atoms with van der Waals surface area (Å²) in [7, 11) is 0. The van der Waals surface area contributed by atoms with E-state index in [0.717, 1.165) is 12.8 Å². The molecule has 0 aromatic heterocycles. The Morgan fingerprint density at radius 2 is 1.54 bits per heavy atom. The summed E-state index contributed by atoms with van der Waals surface area (Å²) in [5.41, 5.74) is -1.25. The van der Waals surface area contributed by atoms with E-state index in [9.17, 15) is 14.4 Å². The van der Waals surface area contributed by atoms with Gasteiger partial charge in [-0.25, -0.2) is 9.59 Å². The number of carbonyl (C=O) groups is 3. The Morgan fingerprint density at radius 3 is 2.07 bits per heavy atom. The van der Waals surface area contributed by atoms with Crippen molar-refractivity contribution in [3.05, 3.63) is 0 Å². The smallest absolute Gasteiger partial charge is 0.411 e. The standard InChI is InChI=1S/C19H35N3O6/c1-18(2,3)27-15(23)14(9-10-20-16(24)28-19(4,5)6)21-13-26-17(25)22-11-7-8-12-22/h14,21H,7-13H2,1-6H3,(H,20,24). The van der Waals surface area contributed by atoms with Crippen LogP contribution in [0.1, 0.15) is 60.8 Å². The van der Waals surface area contributed by atoms with Crippen LogP contribution in [0.3, 0.4) is 0 Å². The SMILES string of the molecule is CC(C)(C)OC(=O)NCCC(NCOC(=O)N1CCCC1)C(=O)OC(C)(C)C. The van der Waals surface area contributed by atoms with Crippen LogP contribution in [-0.4, -0.2) is 66.7 Å². The number of hydrogen-bond acceptors (Lipinski definition) is 7. The van der Waals surface area contributed by atoms with Crippen LogP contribution in [0.5, 0.6) is 0 Å². The molecule has 1 aliphatic heterocycles. The summed E-state index contributed by atoms with van der Waals surface area (Å²) >= 11 is 0. The third kappa shape index (κ3) is 10.3. The van der Waals surface area contributed by atoms with Gasteiger partial charge in [0.05, 0.1) is 0 Å². The molecule has 2 amide bonds. The summed E-state index contributed by atoms with van der Waals surface area (Å²) in [6.45, 7) is 12.1. The highest BCUT2D eigenvalue weighted by molar-refractivity contribution is 5.76. The molecule has 2 N–H and O–H groups in total. The second kappa shape index (κ2) is 10.5. The minimum absolute atomic E-state index is 0.119. The molecule has 0 aromatic rings. The van der Waals surface area contributed by atoms with E-state index in [1.54, 1.807) is 46.4 Å². The van der Waals surface area contributed by atoms with Crippen molar-refractivity contribution in [1.29, 1.82) is 0 Å². The second-order valence-corrected chi connectivity index (χ2v) is 8.76. The van der Waals surface area contributed by atoms with Crippen LogP contribution in [-0.2, 0) is 19.0 Å². The average Bonchev–Trinajstić information content (AvgIpc) is 3.04. The number of hydrogen-bond donors (Lipinski definition) is 2. The molecule has 1 fully saturated rings. The normalized spacial score (nSPS) is 15.7. The molecule has 9 heteroatoms. The van der Waals surface area contributed by atoms with Gasteiger partial charge in [-0.05, 0) is 60.8 Å². The van der Waals surface area contributed by atoms with Crippen molar-refractivity contribution in [2.75, 3.05) is 26.4 Å². The van der Waals surface area contributed by atoms with E-state index in [4.69, 9.17) is 14.2 Å². The van der Waals surface area contributed by atoms with E-state index in [0.29, 0.717) is 13.1 Å². The van der Waals surface area contributed by atoms with Gasteiger partial charge in [0.1, 0.15) is 24.0 Å². The van der Waals surface area contributed by atoms with Crippen molar-refractivity contribution >= 4 is 18.2 Å². The fourth-order valence-corrected chi connectivity index (χ4v) is 2.50. The number of alkyl carbamates (subject to hydrolysis) is 1. The first-order valence-corrected chi connectivity index (χ1v) is 9.72. The lowest BCUT2D eigenvalue weighted by atomic mass is 10.1. The average molecular weight is 402 g/mol. The van der Waals surface area contributed by atoms with E-state index in [2.05, 4.69) is 10.6 Å². The molecule has 0 saturated carbocycles. The Labute approximate surface area is 167 Å². The number of carbonyl (C=O) groups excluding carboxylic acids is 3. The van der Waals surface area contributed by atoms with E-state index in [1.165, 1.54) is 0 Å². The molecule has 1 unspecified atom stereocenters. The molecule has 1 rings (SSSR count). The van der Waals surface area contributed by atoms with Crippen molar-refractivity contribution in [2.24, 2.45) is 0 Å². The van der Waals surface area contributed by atoms with Crippen LogP contribution in [0.25, 0.3) is 0 Å². The Morgan fingerprint density at radius 1 is 0.964 bits per heavy atom. The molecule has 0 spiro atoms. The lowest BCUT2D eigenvalue weighted by Gasteiger charge is -2.25. The maximum Gasteiger partial charge on any atom is 0.411 e. The Balaban J connectivity index is 2.50. The molecule has 162 valence electrons. The number of likely N-dealkylation sites (tertiary alicyclic amines) is 1. The van der Waals surface area contributed by atoms with E-state index in [-0.39, 0.29) is 19.7 Å². The van der Waals surface area contributed by atoms with Crippen LogP contribution in [0.15, 0.2) is 0 Å². The predicted molar refractivity (Wildman–Crippen MR) is 104 cm³/mol. The summed E-state index contributed by atoms with van der Waals surface area (Å²) in [6, 6.07) is -0.736. The number of esters is 1. The van der Waals surface area contributed by atoms with Gasteiger partial charge in [0.2, 0.25) is 0 Å². The van der Waals surface area contributed by atoms with Crippen LogP contribution in [0.4, 0.5) is 9.59 Å². The minimum atomic E-state index is -0.736. The first kappa shape index (κ1) is 24.0. The highest BCUT2D eigenvalue weighted by atomic mass is 16.6. The quantitative estimate of drug-likeness (QED) is 0.383. The highest BCUT2D eigenvalue weighted by Gasteiger charge is 2.26. The summed E-state index contributed by atoms with van der Waals surface area (Å²) in [5.74, 6) is -0.476. The lowest BCUT2D eigenvalue weighted by molar-refractivity contribution is -0.158. The third-order valence-electron chi connectivity index (χ3n) is 3.68. The molecular formula is C19H35N3O6. The molecule has 0 aliphatic carbocycles. The van der Waals surface area contributed by atoms with Crippen LogP contribution in [0, 0.1) is 0 Å². The molecule has 9 nitrogen and oxygen atoms in total. The zero-order valence-electron chi connectivity index (χ0n) is 17.9. The topological polar surface area (TPSA) is 106 Å². The largest absolute Gasteiger partial charge is 0.459 e. The van der Waals surface area contributed by atoms with Crippen LogP contribution in [0.2, 0.25) is 0 Å². The van der Waals surface area contributed by atoms with Gasteiger partial charge >= 0.3 is 18.2 Å². The summed E-state index contributed by atoms with van der Waals surface area (Å²) in [6.07, 6.45) is 1.24. The number of ether oxygens (including phenoxy) is 3. The van der Waals surface area contributed by atoms with Gasteiger partial charge < -0.3 is 24.4 Å². The van der Waals surface area contributed by atoms with E-state index >= 15 is 0 Å². The Bertz CT molecular complexity index is 533. The number of nitrogens with one attached hydrogen (secondary N) is 2. The lowest BCUT2D eigenvalue weighted by Crippen LogP contribution is -2.45. The minimum Gasteiger partial charge on any atom is -0.459 e. The molecule has 1 aliphatic rings. The number of nitrogens with zero attached hydrogens (tertiary/aromatic N) is 1. The van der Waals surface area contributed by atoms with Crippen molar-refractivity contribution in [3.8, 4) is 0 Å². The predicted octanol–water partition coefficient (Wildman–Crippen LogP) is 2.39. The van der Waals surface area contributed by atoms with Gasteiger partial charge in [0.15, 0.2) is 0 Å². The summed E-state index contributed by atoms with van der Waals surface area (Å²) < 4.78 is 15.8. The molecular weight excluding hydrogens is 366 g/mol. The fraction of sp³-hybridized carbons (Fsp3) is 0.842. The molecule has 1 atom stereocenters. The molecule has 0 aromatic carbocycles. The molecule has 1 heterocycles. The van der Waals surface area contributed by atoms with E-state index < -0.39 is 35.4 Å². The maximum absolute atomic E-state index is 12.4. The first-order chi connectivity index (χ1) is 12.9. The van der Waals surface area contributed by atoms with Crippen molar-refractivity contribution in [1.82, 2.24) is 15.5 Å². The van der Waals surface area contributed by atoms with Gasteiger partial charge in [-0.2, -0.15) is 0 Å². The zero-order valence-corrected chi connectivity index (χ0v) is 17.9. The molecule has 1 saturated heterocycles. The first-order valence-electron chi connectivity index (χ1n) is 9.72. The maximum atomic E-state index is 12.4. The van der Waals surface area contributed by atoms with Crippen molar-refractivity contribution in [2.45, 2.75) is 78.0 Å². The Kier molecular flexibility index (Phi) is 9.00. The van der Waals surface area contributed by atoms with Crippen molar-refractivity contribution < 1.29 is 28.6 Å². The van der Waals surface area contributed by atoms with E-state index in [1.807, 2.05) is 0 Å². The summed E-state index contributed by atoms with van der Waals surface area (Å²) in [4.78, 5) is 37.7. The van der Waals surface area contributed by atoms with Crippen LogP contribution < -0.4 is 10.6 Å². The molecule has 28 heavy (non-hydrogen) atoms. The summed E-state index contributed by atoms with van der Waals surface area (Å²) in [5, 5.41) is 5.49. The number of rotatable bonds is 7. The Hall–Kier alpha value is -2.03. The number of amides is 2. The highest BCUT2D eigenvalue weighted by Crippen LogP contribution is 2.11. The van der Waals surface area contributed by atoms with Crippen LogP contribution >= 0.6 is 0 Å². The van der Waals surface area contributed by atoms with Gasteiger partial charge in [-0.3, -0.25) is 10.1 Å². The molecule has 0 bridgehead atoms. The zero-order chi connectivity index (χ0) is 21.4. The second-order valence-electron chi connectivity index (χ2n) is 8.76. The monoisotopic (exact) mass is 401 g/mol. The molecule has 0 radical (unpaired) electrons. The van der Waals surface area contributed by atoms with Gasteiger partial charge in [-0.15, -0.1) is 0 Å².